The van der Waals surface area contributed by atoms with Crippen LogP contribution in [0.1, 0.15) is 72.3 Å². The van der Waals surface area contributed by atoms with Crippen LogP contribution in [0, 0.1) is 13.8 Å². The summed E-state index contributed by atoms with van der Waals surface area (Å²) >= 11 is -1.37. The van der Waals surface area contributed by atoms with E-state index in [4.69, 9.17) is 11.6 Å². The molecule has 0 spiro atoms. The first-order valence-corrected chi connectivity index (χ1v) is 16.0. The number of aliphatic carboxylic acids is 1. The molecule has 1 aliphatic carbocycles. The van der Waals surface area contributed by atoms with Crippen molar-refractivity contribution in [2.24, 2.45) is 5.84 Å². The molecule has 1 saturated carbocycles. The highest BCUT2D eigenvalue weighted by molar-refractivity contribution is 7.89. The number of hydrogen-bond acceptors (Lipinski definition) is 8. The van der Waals surface area contributed by atoms with Gasteiger partial charge in [0.25, 0.3) is 0 Å². The van der Waals surface area contributed by atoms with E-state index in [1.54, 1.807) is 11.2 Å². The van der Waals surface area contributed by atoms with E-state index in [0.29, 0.717) is 24.8 Å². The lowest BCUT2D eigenvalue weighted by molar-refractivity contribution is -0.137. The van der Waals surface area contributed by atoms with Gasteiger partial charge in [-0.3, -0.25) is 4.79 Å². The predicted molar refractivity (Wildman–Crippen MR) is 167 cm³/mol. The molecule has 2 aliphatic heterocycles. The van der Waals surface area contributed by atoms with Crippen molar-refractivity contribution in [2.45, 2.75) is 81.8 Å². The van der Waals surface area contributed by atoms with Gasteiger partial charge in [-0.05, 0) is 85.9 Å². The number of piperidine rings is 1. The summed E-state index contributed by atoms with van der Waals surface area (Å²) in [6.07, 6.45) is 7.12. The smallest absolute Gasteiger partial charge is 0.304 e. The Balaban J connectivity index is 1.33. The van der Waals surface area contributed by atoms with Gasteiger partial charge in [0.1, 0.15) is 0 Å². The molecule has 0 amide bonds. The Labute approximate surface area is 250 Å². The van der Waals surface area contributed by atoms with Crippen LogP contribution in [0.4, 0.5) is 17.2 Å². The third-order valence-corrected chi connectivity index (χ3v) is 10.6. The van der Waals surface area contributed by atoms with Crippen molar-refractivity contribution in [3.63, 3.8) is 0 Å². The average molecular weight is 589 g/mol. The van der Waals surface area contributed by atoms with Gasteiger partial charge in [-0.1, -0.05) is 24.3 Å². The zero-order valence-corrected chi connectivity index (χ0v) is 25.1. The van der Waals surface area contributed by atoms with Crippen molar-refractivity contribution in [2.75, 3.05) is 28.7 Å². The van der Waals surface area contributed by atoms with E-state index in [0.717, 1.165) is 82.9 Å². The largest absolute Gasteiger partial charge is 0.593 e. The van der Waals surface area contributed by atoms with Crippen LogP contribution in [0.15, 0.2) is 53.6 Å². The molecule has 3 unspecified atom stereocenters. The standard InChI is InChI=1S/C32H40N6O3S/c1-20-8-9-22(27(17-30(39)40)26-12-13-28(31(33)21(26)2)38(34)24-10-11-24)16-23(20)18-36-19-25-6-3-4-15-37(25)32-29(42(36)41)7-5-14-35-32/h5,7-9,12-14,16,24-25,27H,3-4,6,10-11,15,17-19,33-34H2,1-2H3,(H,39,40). The van der Waals surface area contributed by atoms with Crippen LogP contribution in [0.2, 0.25) is 0 Å². The number of carbonyl (C=O) groups is 1. The van der Waals surface area contributed by atoms with Gasteiger partial charge in [0.05, 0.1) is 42.2 Å². The fourth-order valence-corrected chi connectivity index (χ4v) is 7.87. The monoisotopic (exact) mass is 588 g/mol. The van der Waals surface area contributed by atoms with E-state index in [2.05, 4.69) is 27.2 Å². The minimum absolute atomic E-state index is 0.0667. The molecule has 0 radical (unpaired) electrons. The van der Waals surface area contributed by atoms with Crippen molar-refractivity contribution in [3.05, 3.63) is 76.5 Å². The molecule has 3 atom stereocenters. The molecule has 3 heterocycles. The first-order valence-electron chi connectivity index (χ1n) is 14.9. The Hall–Kier alpha value is -3.31. The number of carboxylic acid groups (broad SMARTS) is 1. The van der Waals surface area contributed by atoms with E-state index < -0.39 is 23.2 Å². The molecule has 222 valence electrons. The third kappa shape index (κ3) is 5.56. The summed E-state index contributed by atoms with van der Waals surface area (Å²) in [6.45, 7) is 6.10. The van der Waals surface area contributed by atoms with Crippen LogP contribution < -0.4 is 21.5 Å². The number of aryl methyl sites for hydroxylation is 1. The van der Waals surface area contributed by atoms with Gasteiger partial charge >= 0.3 is 5.97 Å². The number of carboxylic acids is 1. The summed E-state index contributed by atoms with van der Waals surface area (Å²) in [6, 6.07) is 14.4. The summed E-state index contributed by atoms with van der Waals surface area (Å²) in [7, 11) is 0. The Morgan fingerprint density at radius 1 is 1.19 bits per heavy atom. The van der Waals surface area contributed by atoms with E-state index >= 15 is 0 Å². The SMILES string of the molecule is Cc1ccc(C(CC(=O)O)c2ccc(N(N)C3CC3)c(N)c2C)cc1CN1CC2CCCCN2c2ncccc2[S+]1[O-]. The summed E-state index contributed by atoms with van der Waals surface area (Å²) in [5.41, 5.74) is 12.7. The average Bonchev–Trinajstić information content (AvgIpc) is 3.84. The van der Waals surface area contributed by atoms with Gasteiger partial charge in [0, 0.05) is 36.8 Å². The van der Waals surface area contributed by atoms with Crippen LogP contribution in [0.5, 0.6) is 0 Å². The van der Waals surface area contributed by atoms with Crippen LogP contribution in [0.3, 0.4) is 0 Å². The van der Waals surface area contributed by atoms with Crippen molar-refractivity contribution < 1.29 is 14.5 Å². The molecule has 2 fully saturated rings. The number of anilines is 3. The zero-order chi connectivity index (χ0) is 29.5. The van der Waals surface area contributed by atoms with E-state index in [1.807, 2.05) is 43.3 Å². The molecular weight excluding hydrogens is 548 g/mol. The molecule has 3 aliphatic rings. The maximum Gasteiger partial charge on any atom is 0.304 e. The van der Waals surface area contributed by atoms with Crippen molar-refractivity contribution in [1.82, 2.24) is 9.29 Å². The summed E-state index contributed by atoms with van der Waals surface area (Å²) in [5, 5.41) is 11.7. The highest BCUT2D eigenvalue weighted by Gasteiger charge is 2.39. The number of nitrogen functional groups attached to an aromatic ring is 1. The van der Waals surface area contributed by atoms with Gasteiger partial charge in [-0.25, -0.2) is 10.8 Å². The number of nitrogens with zero attached hydrogens (tertiary/aromatic N) is 4. The first-order chi connectivity index (χ1) is 20.2. The lowest BCUT2D eigenvalue weighted by atomic mass is 9.84. The lowest BCUT2D eigenvalue weighted by Gasteiger charge is -2.35. The molecule has 42 heavy (non-hydrogen) atoms. The quantitative estimate of drug-likeness (QED) is 0.149. The van der Waals surface area contributed by atoms with Gasteiger partial charge in [-0.15, -0.1) is 4.31 Å². The molecule has 0 bridgehead atoms. The number of pyridine rings is 1. The highest BCUT2D eigenvalue weighted by atomic mass is 32.2. The van der Waals surface area contributed by atoms with Crippen LogP contribution in [0.25, 0.3) is 0 Å². The minimum Gasteiger partial charge on any atom is -0.593 e. The Kier molecular flexibility index (Phi) is 8.06. The second-order valence-corrected chi connectivity index (χ2v) is 13.4. The van der Waals surface area contributed by atoms with Gasteiger partial charge in [-0.2, -0.15) is 0 Å². The maximum atomic E-state index is 14.0. The van der Waals surface area contributed by atoms with Crippen LogP contribution in [-0.4, -0.2) is 50.1 Å². The third-order valence-electron chi connectivity index (χ3n) is 9.12. The molecule has 2 aromatic carbocycles. The van der Waals surface area contributed by atoms with Crippen molar-refractivity contribution in [1.29, 1.82) is 0 Å². The fourth-order valence-electron chi connectivity index (χ4n) is 6.50. The van der Waals surface area contributed by atoms with E-state index in [1.165, 1.54) is 0 Å². The van der Waals surface area contributed by atoms with E-state index in [-0.39, 0.29) is 12.5 Å². The molecule has 6 rings (SSSR count). The molecule has 3 aromatic rings. The first kappa shape index (κ1) is 28.8. The number of aromatic nitrogens is 1. The molecule has 1 aromatic heterocycles. The normalized spacial score (nSPS) is 21.3. The topological polar surface area (TPSA) is 135 Å². The number of fused-ring (bicyclic) bond motifs is 3. The number of hydrogen-bond donors (Lipinski definition) is 3. The van der Waals surface area contributed by atoms with Gasteiger partial charge in [0.15, 0.2) is 5.82 Å². The molecular formula is C32H40N6O3S. The number of rotatable bonds is 8. The van der Waals surface area contributed by atoms with Crippen LogP contribution >= 0.6 is 0 Å². The summed E-state index contributed by atoms with van der Waals surface area (Å²) < 4.78 is 16.0. The predicted octanol–water partition coefficient (Wildman–Crippen LogP) is 4.63. The van der Waals surface area contributed by atoms with Gasteiger partial charge < -0.3 is 25.3 Å². The minimum atomic E-state index is -1.37. The second kappa shape index (κ2) is 11.8. The number of hydrazine groups is 1. The molecule has 10 heteroatoms. The fraction of sp³-hybridized carbons (Fsp3) is 0.438. The summed E-state index contributed by atoms with van der Waals surface area (Å²) in [4.78, 5) is 19.8. The number of benzene rings is 2. The van der Waals surface area contributed by atoms with Gasteiger partial charge in [0.2, 0.25) is 4.90 Å². The Bertz CT molecular complexity index is 1480. The Morgan fingerprint density at radius 2 is 2.00 bits per heavy atom. The number of nitrogens with two attached hydrogens (primary N) is 2. The lowest BCUT2D eigenvalue weighted by Crippen LogP contribution is -2.45. The Morgan fingerprint density at radius 3 is 2.76 bits per heavy atom. The van der Waals surface area contributed by atoms with E-state index in [9.17, 15) is 14.5 Å². The molecule has 5 N–H and O–H groups in total. The highest BCUT2D eigenvalue weighted by Crippen LogP contribution is 2.40. The zero-order valence-electron chi connectivity index (χ0n) is 24.3. The second-order valence-electron chi connectivity index (χ2n) is 11.9. The molecule has 9 nitrogen and oxygen atoms in total. The molecule has 1 saturated heterocycles. The van der Waals surface area contributed by atoms with Crippen molar-refractivity contribution >= 4 is 34.5 Å². The van der Waals surface area contributed by atoms with Crippen LogP contribution in [-0.2, 0) is 22.7 Å². The summed E-state index contributed by atoms with van der Waals surface area (Å²) in [5.74, 6) is 5.90. The van der Waals surface area contributed by atoms with Crippen molar-refractivity contribution in [3.8, 4) is 0 Å². The maximum absolute atomic E-state index is 14.0.